The Kier molecular flexibility index (Phi) is 4.98. The van der Waals surface area contributed by atoms with Crippen LogP contribution in [0.3, 0.4) is 0 Å². The van der Waals surface area contributed by atoms with Crippen LogP contribution >= 0.6 is 15.9 Å². The van der Waals surface area contributed by atoms with Crippen LogP contribution in [0.5, 0.6) is 0 Å². The van der Waals surface area contributed by atoms with Gasteiger partial charge in [0.15, 0.2) is 15.7 Å². The molecule has 2 aromatic rings. The van der Waals surface area contributed by atoms with Crippen molar-refractivity contribution >= 4 is 37.4 Å². The number of hydrogen-bond donors (Lipinski definition) is 1. The number of halogens is 2. The van der Waals surface area contributed by atoms with Crippen molar-refractivity contribution in [3.63, 3.8) is 0 Å². The molecule has 1 N–H and O–H groups in total. The monoisotopic (exact) mass is 444 g/mol. The van der Waals surface area contributed by atoms with Gasteiger partial charge in [0.1, 0.15) is 10.6 Å². The molecule has 0 radical (unpaired) electrons. The topological polar surface area (TPSA) is 77.4 Å². The van der Waals surface area contributed by atoms with Gasteiger partial charge < -0.3 is 14.6 Å². The summed E-state index contributed by atoms with van der Waals surface area (Å²) in [6.45, 7) is 2.41. The second kappa shape index (κ2) is 6.79. The van der Waals surface area contributed by atoms with E-state index < -0.39 is 31.9 Å². The number of aryl methyl sites for hydroxylation is 1. The van der Waals surface area contributed by atoms with Gasteiger partial charge in [0.25, 0.3) is 5.91 Å². The van der Waals surface area contributed by atoms with Gasteiger partial charge in [-0.15, -0.1) is 0 Å². The Balaban J connectivity index is 1.89. The quantitative estimate of drug-likeness (QED) is 0.768. The van der Waals surface area contributed by atoms with E-state index in [2.05, 4.69) is 21.2 Å². The van der Waals surface area contributed by atoms with Crippen LogP contribution in [0.2, 0.25) is 0 Å². The van der Waals surface area contributed by atoms with Gasteiger partial charge >= 0.3 is 0 Å². The number of benzene rings is 1. The standard InChI is InChI=1S/C17H18BrFN2O4S/c1-17(8-25-9-17)10-26(23,24)13-7-21(2)15(14(13)19)16(22)20-12-5-3-4-11(18)6-12/h3-7H,8-10H2,1-2H3,(H,20,22). The number of hydrogen-bond acceptors (Lipinski definition) is 4. The highest BCUT2D eigenvalue weighted by atomic mass is 79.9. The van der Waals surface area contributed by atoms with Gasteiger partial charge in [0.2, 0.25) is 0 Å². The zero-order valence-electron chi connectivity index (χ0n) is 14.3. The molecule has 0 spiro atoms. The number of nitrogens with zero attached hydrogens (tertiary/aromatic N) is 1. The van der Waals surface area contributed by atoms with Crippen LogP contribution < -0.4 is 5.32 Å². The third-order valence-corrected chi connectivity index (χ3v) is 6.68. The average Bonchev–Trinajstić information content (AvgIpc) is 2.81. The zero-order chi connectivity index (χ0) is 19.1. The van der Waals surface area contributed by atoms with E-state index in [0.29, 0.717) is 18.9 Å². The predicted molar refractivity (Wildman–Crippen MR) is 98.4 cm³/mol. The van der Waals surface area contributed by atoms with E-state index in [1.807, 2.05) is 0 Å². The molecule has 1 aromatic heterocycles. The molecule has 1 saturated heterocycles. The second-order valence-electron chi connectivity index (χ2n) is 6.79. The third kappa shape index (κ3) is 3.70. The molecular formula is C17H18BrFN2O4S. The maximum atomic E-state index is 14.8. The van der Waals surface area contributed by atoms with Crippen LogP contribution in [0, 0.1) is 11.2 Å². The van der Waals surface area contributed by atoms with Crippen molar-refractivity contribution in [3.8, 4) is 0 Å². The van der Waals surface area contributed by atoms with Crippen molar-refractivity contribution in [3.05, 3.63) is 46.4 Å². The molecule has 0 unspecified atom stereocenters. The number of ether oxygens (including phenoxy) is 1. The summed E-state index contributed by atoms with van der Waals surface area (Å²) in [6.07, 6.45) is 1.14. The normalized spacial score (nSPS) is 16.2. The van der Waals surface area contributed by atoms with E-state index in [1.165, 1.54) is 11.6 Å². The van der Waals surface area contributed by atoms with Gasteiger partial charge in [0, 0.05) is 28.8 Å². The highest BCUT2D eigenvalue weighted by molar-refractivity contribution is 9.10. The van der Waals surface area contributed by atoms with Gasteiger partial charge in [-0.1, -0.05) is 28.9 Å². The number of rotatable bonds is 5. The van der Waals surface area contributed by atoms with Crippen molar-refractivity contribution in [1.82, 2.24) is 4.57 Å². The first-order valence-corrected chi connectivity index (χ1v) is 10.3. The number of anilines is 1. The summed E-state index contributed by atoms with van der Waals surface area (Å²) in [7, 11) is -2.45. The van der Waals surface area contributed by atoms with Crippen molar-refractivity contribution < 1.29 is 22.3 Å². The van der Waals surface area contributed by atoms with Gasteiger partial charge in [-0.25, -0.2) is 12.8 Å². The minimum Gasteiger partial charge on any atom is -0.380 e. The summed E-state index contributed by atoms with van der Waals surface area (Å²) in [5.41, 5.74) is -0.396. The molecule has 2 heterocycles. The molecule has 6 nitrogen and oxygen atoms in total. The molecule has 1 amide bonds. The Labute approximate surface area is 159 Å². The fraction of sp³-hybridized carbons (Fsp3) is 0.353. The largest absolute Gasteiger partial charge is 0.380 e. The van der Waals surface area contributed by atoms with Crippen LogP contribution in [0.15, 0.2) is 39.8 Å². The fourth-order valence-electron chi connectivity index (χ4n) is 2.87. The Morgan fingerprint density at radius 3 is 2.69 bits per heavy atom. The Bertz CT molecular complexity index is 967. The lowest BCUT2D eigenvalue weighted by atomic mass is 9.92. The van der Waals surface area contributed by atoms with Crippen molar-refractivity contribution in [2.24, 2.45) is 12.5 Å². The molecule has 1 aromatic carbocycles. The summed E-state index contributed by atoms with van der Waals surface area (Å²) in [4.78, 5) is 12.0. The maximum Gasteiger partial charge on any atom is 0.275 e. The number of carbonyl (C=O) groups is 1. The number of aromatic nitrogens is 1. The van der Waals surface area contributed by atoms with Crippen LogP contribution in [0.25, 0.3) is 0 Å². The number of sulfone groups is 1. The van der Waals surface area contributed by atoms with Crippen LogP contribution in [0.1, 0.15) is 17.4 Å². The molecule has 3 rings (SSSR count). The lowest BCUT2D eigenvalue weighted by Gasteiger charge is -2.37. The Hall–Kier alpha value is -1.71. The summed E-state index contributed by atoms with van der Waals surface area (Å²) in [5, 5.41) is 2.57. The molecule has 0 saturated carbocycles. The van der Waals surface area contributed by atoms with Crippen molar-refractivity contribution in [1.29, 1.82) is 0 Å². The van der Waals surface area contributed by atoms with E-state index in [0.717, 1.165) is 10.7 Å². The molecule has 1 aliphatic heterocycles. The average molecular weight is 445 g/mol. The molecule has 0 atom stereocenters. The minimum atomic E-state index is -3.89. The van der Waals surface area contributed by atoms with Crippen molar-refractivity contribution in [2.75, 3.05) is 24.3 Å². The first-order valence-electron chi connectivity index (χ1n) is 7.84. The molecule has 140 valence electrons. The molecule has 9 heteroatoms. The minimum absolute atomic E-state index is 0.229. The van der Waals surface area contributed by atoms with Gasteiger partial charge in [-0.3, -0.25) is 4.79 Å². The van der Waals surface area contributed by atoms with Crippen LogP contribution in [-0.2, 0) is 21.6 Å². The predicted octanol–water partition coefficient (Wildman–Crippen LogP) is 2.99. The lowest BCUT2D eigenvalue weighted by molar-refractivity contribution is -0.0870. The van der Waals surface area contributed by atoms with E-state index in [4.69, 9.17) is 4.74 Å². The SMILES string of the molecule is Cn1cc(S(=O)(=O)CC2(C)COC2)c(F)c1C(=O)Nc1cccc(Br)c1. The fourth-order valence-corrected chi connectivity index (χ4v) is 5.20. The van der Waals surface area contributed by atoms with E-state index in [-0.39, 0.29) is 11.4 Å². The molecule has 1 aliphatic rings. The Morgan fingerprint density at radius 1 is 1.42 bits per heavy atom. The molecule has 26 heavy (non-hydrogen) atoms. The summed E-state index contributed by atoms with van der Waals surface area (Å²) in [6, 6.07) is 6.82. The highest BCUT2D eigenvalue weighted by Gasteiger charge is 2.40. The van der Waals surface area contributed by atoms with E-state index in [9.17, 15) is 17.6 Å². The molecule has 0 aliphatic carbocycles. The number of amides is 1. The van der Waals surface area contributed by atoms with E-state index in [1.54, 1.807) is 31.2 Å². The molecule has 0 bridgehead atoms. The lowest BCUT2D eigenvalue weighted by Crippen LogP contribution is -2.45. The van der Waals surface area contributed by atoms with Gasteiger partial charge in [-0.05, 0) is 18.2 Å². The zero-order valence-corrected chi connectivity index (χ0v) is 16.7. The van der Waals surface area contributed by atoms with Crippen molar-refractivity contribution in [2.45, 2.75) is 11.8 Å². The van der Waals surface area contributed by atoms with Crippen LogP contribution in [0.4, 0.5) is 10.1 Å². The summed E-state index contributed by atoms with van der Waals surface area (Å²) in [5.74, 6) is -1.99. The summed E-state index contributed by atoms with van der Waals surface area (Å²) >= 11 is 3.29. The number of nitrogens with one attached hydrogen (secondary N) is 1. The van der Waals surface area contributed by atoms with E-state index >= 15 is 0 Å². The Morgan fingerprint density at radius 2 is 2.12 bits per heavy atom. The van der Waals surface area contributed by atoms with Gasteiger partial charge in [0.05, 0.1) is 19.0 Å². The highest BCUT2D eigenvalue weighted by Crippen LogP contribution is 2.32. The first kappa shape index (κ1) is 19.1. The van der Waals surface area contributed by atoms with Crippen LogP contribution in [-0.4, -0.2) is 37.9 Å². The summed E-state index contributed by atoms with van der Waals surface area (Å²) < 4.78 is 47.0. The molecule has 1 fully saturated rings. The second-order valence-corrected chi connectivity index (χ2v) is 9.67. The maximum absolute atomic E-state index is 14.8. The third-order valence-electron chi connectivity index (χ3n) is 4.16. The number of carbonyl (C=O) groups excluding carboxylic acids is 1. The van der Waals surface area contributed by atoms with Gasteiger partial charge in [-0.2, -0.15) is 0 Å². The molecular weight excluding hydrogens is 427 g/mol. The first-order chi connectivity index (χ1) is 12.1. The smallest absolute Gasteiger partial charge is 0.275 e.